The lowest BCUT2D eigenvalue weighted by molar-refractivity contribution is 0.0773. The van der Waals surface area contributed by atoms with Gasteiger partial charge in [-0.25, -0.2) is 12.8 Å². The Kier molecular flexibility index (Phi) is 7.33. The number of halogens is 2. The van der Waals surface area contributed by atoms with Crippen molar-refractivity contribution in [3.05, 3.63) is 58.9 Å². The summed E-state index contributed by atoms with van der Waals surface area (Å²) in [4.78, 5) is 14.2. The molecule has 0 radical (unpaired) electrons. The third-order valence-corrected chi connectivity index (χ3v) is 7.21. The second-order valence-corrected chi connectivity index (χ2v) is 9.46. The Bertz CT molecular complexity index is 1010. The number of piperidine rings is 1. The van der Waals surface area contributed by atoms with Gasteiger partial charge in [-0.2, -0.15) is 4.31 Å². The fourth-order valence-electron chi connectivity index (χ4n) is 3.24. The smallest absolute Gasteiger partial charge is 0.255 e. The lowest BCUT2D eigenvalue weighted by atomic mass is 10.2. The van der Waals surface area contributed by atoms with Crippen LogP contribution in [0, 0.1) is 5.82 Å². The molecule has 0 N–H and O–H groups in total. The molecule has 0 unspecified atom stereocenters. The molecule has 30 heavy (non-hydrogen) atoms. The molecule has 1 saturated heterocycles. The molecule has 1 heterocycles. The van der Waals surface area contributed by atoms with E-state index in [4.69, 9.17) is 16.3 Å². The zero-order valence-electron chi connectivity index (χ0n) is 16.7. The fourth-order valence-corrected chi connectivity index (χ4v) is 4.99. The molecule has 1 fully saturated rings. The van der Waals surface area contributed by atoms with Gasteiger partial charge in [0.2, 0.25) is 10.0 Å². The molecule has 9 heteroatoms. The summed E-state index contributed by atoms with van der Waals surface area (Å²) in [6.07, 6.45) is 2.66. The quantitative estimate of drug-likeness (QED) is 0.638. The Morgan fingerprint density at radius 1 is 1.17 bits per heavy atom. The van der Waals surface area contributed by atoms with E-state index in [9.17, 15) is 17.6 Å². The minimum atomic E-state index is -3.68. The number of amides is 1. The first-order valence-corrected chi connectivity index (χ1v) is 11.5. The molecule has 3 rings (SSSR count). The lowest BCUT2D eigenvalue weighted by Crippen LogP contribution is -2.36. The summed E-state index contributed by atoms with van der Waals surface area (Å²) in [7, 11) is -2.13. The number of carbonyl (C=O) groups is 1. The SMILES string of the molecule is CN(CCOc1ccccc1F)C(=O)c1cc(S(=O)(=O)N2CCCCC2)ccc1Cl. The molecule has 2 aromatic carbocycles. The topological polar surface area (TPSA) is 66.9 Å². The zero-order chi connectivity index (χ0) is 21.7. The van der Waals surface area contributed by atoms with Gasteiger partial charge in [-0.1, -0.05) is 30.2 Å². The largest absolute Gasteiger partial charge is 0.489 e. The van der Waals surface area contributed by atoms with Gasteiger partial charge in [-0.3, -0.25) is 4.79 Å². The summed E-state index contributed by atoms with van der Waals surface area (Å²) in [5.74, 6) is -0.816. The van der Waals surface area contributed by atoms with Crippen LogP contribution in [-0.4, -0.2) is 56.8 Å². The maximum Gasteiger partial charge on any atom is 0.255 e. The highest BCUT2D eigenvalue weighted by molar-refractivity contribution is 7.89. The predicted octanol–water partition coefficient (Wildman–Crippen LogP) is 3.80. The Labute approximate surface area is 181 Å². The number of benzene rings is 2. The number of hydrogen-bond acceptors (Lipinski definition) is 4. The van der Waals surface area contributed by atoms with Gasteiger partial charge in [0.05, 0.1) is 22.0 Å². The number of hydrogen-bond donors (Lipinski definition) is 0. The van der Waals surface area contributed by atoms with Crippen molar-refractivity contribution in [3.8, 4) is 5.75 Å². The van der Waals surface area contributed by atoms with Crippen LogP contribution in [0.1, 0.15) is 29.6 Å². The summed E-state index contributed by atoms with van der Waals surface area (Å²) in [5, 5.41) is 0.166. The summed E-state index contributed by atoms with van der Waals surface area (Å²) in [6, 6.07) is 10.2. The van der Waals surface area contributed by atoms with E-state index in [0.717, 1.165) is 19.3 Å². The van der Waals surface area contributed by atoms with E-state index in [1.807, 2.05) is 0 Å². The predicted molar refractivity (Wildman–Crippen MR) is 113 cm³/mol. The van der Waals surface area contributed by atoms with E-state index in [-0.39, 0.29) is 34.4 Å². The van der Waals surface area contributed by atoms with Crippen molar-refractivity contribution >= 4 is 27.5 Å². The van der Waals surface area contributed by atoms with Crippen LogP contribution >= 0.6 is 11.6 Å². The Hall–Kier alpha value is -2.16. The fraction of sp³-hybridized carbons (Fsp3) is 0.381. The average Bonchev–Trinajstić information content (AvgIpc) is 2.75. The van der Waals surface area contributed by atoms with Gasteiger partial charge >= 0.3 is 0 Å². The van der Waals surface area contributed by atoms with Gasteiger partial charge in [0.15, 0.2) is 11.6 Å². The van der Waals surface area contributed by atoms with E-state index in [2.05, 4.69) is 0 Å². The van der Waals surface area contributed by atoms with E-state index in [1.54, 1.807) is 19.2 Å². The summed E-state index contributed by atoms with van der Waals surface area (Å²) < 4.78 is 46.3. The molecule has 2 aromatic rings. The van der Waals surface area contributed by atoms with E-state index in [1.165, 1.54) is 39.5 Å². The zero-order valence-corrected chi connectivity index (χ0v) is 18.3. The van der Waals surface area contributed by atoms with Crippen LogP contribution < -0.4 is 4.74 Å². The molecule has 0 bridgehead atoms. The van der Waals surface area contributed by atoms with Crippen molar-refractivity contribution in [1.29, 1.82) is 0 Å². The Balaban J connectivity index is 1.70. The van der Waals surface area contributed by atoms with E-state index < -0.39 is 21.7 Å². The first-order chi connectivity index (χ1) is 14.3. The van der Waals surface area contributed by atoms with E-state index >= 15 is 0 Å². The van der Waals surface area contributed by atoms with Gasteiger partial charge in [-0.15, -0.1) is 0 Å². The van der Waals surface area contributed by atoms with Crippen LogP contribution in [0.15, 0.2) is 47.4 Å². The summed E-state index contributed by atoms with van der Waals surface area (Å²) in [5.41, 5.74) is 0.100. The third-order valence-electron chi connectivity index (χ3n) is 4.99. The summed E-state index contributed by atoms with van der Waals surface area (Å²) >= 11 is 6.18. The minimum Gasteiger partial charge on any atom is -0.489 e. The molecule has 1 amide bonds. The van der Waals surface area contributed by atoms with Gasteiger partial charge in [0.25, 0.3) is 5.91 Å². The molecule has 0 aromatic heterocycles. The summed E-state index contributed by atoms with van der Waals surface area (Å²) in [6.45, 7) is 1.20. The highest BCUT2D eigenvalue weighted by Gasteiger charge is 2.27. The number of carbonyl (C=O) groups excluding carboxylic acids is 1. The molecule has 1 aliphatic rings. The van der Waals surface area contributed by atoms with Gasteiger partial charge in [0.1, 0.15) is 6.61 Å². The van der Waals surface area contributed by atoms with Gasteiger partial charge < -0.3 is 9.64 Å². The second-order valence-electron chi connectivity index (χ2n) is 7.11. The molecule has 0 aliphatic carbocycles. The average molecular weight is 455 g/mol. The first-order valence-electron chi connectivity index (χ1n) is 9.73. The molecule has 162 valence electrons. The first kappa shape index (κ1) is 22.5. The van der Waals surface area contributed by atoms with E-state index in [0.29, 0.717) is 13.1 Å². The van der Waals surface area contributed by atoms with Crippen molar-refractivity contribution in [1.82, 2.24) is 9.21 Å². The van der Waals surface area contributed by atoms with Crippen molar-refractivity contribution in [2.75, 3.05) is 33.3 Å². The van der Waals surface area contributed by atoms with Crippen LogP contribution in [0.3, 0.4) is 0 Å². The molecule has 6 nitrogen and oxygen atoms in total. The van der Waals surface area contributed by atoms with Crippen LogP contribution in [0.25, 0.3) is 0 Å². The van der Waals surface area contributed by atoms with Crippen LogP contribution in [0.4, 0.5) is 4.39 Å². The monoisotopic (exact) mass is 454 g/mol. The molecule has 1 aliphatic heterocycles. The van der Waals surface area contributed by atoms with Crippen LogP contribution in [0.2, 0.25) is 5.02 Å². The van der Waals surface area contributed by atoms with Crippen molar-refractivity contribution in [3.63, 3.8) is 0 Å². The number of likely N-dealkylation sites (N-methyl/N-ethyl adjacent to an activating group) is 1. The van der Waals surface area contributed by atoms with Crippen molar-refractivity contribution < 1.29 is 22.3 Å². The van der Waals surface area contributed by atoms with Crippen LogP contribution in [-0.2, 0) is 10.0 Å². The Morgan fingerprint density at radius 2 is 1.87 bits per heavy atom. The minimum absolute atomic E-state index is 0.0492. The molecular weight excluding hydrogens is 431 g/mol. The standard InChI is InChI=1S/C21H24ClFN2O4S/c1-24(13-14-29-20-8-4-3-7-19(20)23)21(26)17-15-16(9-10-18(17)22)30(27,28)25-11-5-2-6-12-25/h3-4,7-10,15H,2,5-6,11-14H2,1H3. The maximum absolute atomic E-state index is 13.6. The van der Waals surface area contributed by atoms with Gasteiger partial charge in [-0.05, 0) is 43.2 Å². The maximum atomic E-state index is 13.6. The number of sulfonamides is 1. The molecular formula is C21H24ClFN2O4S. The highest BCUT2D eigenvalue weighted by atomic mass is 35.5. The second kappa shape index (κ2) is 9.76. The lowest BCUT2D eigenvalue weighted by Gasteiger charge is -2.26. The van der Waals surface area contributed by atoms with Crippen LogP contribution in [0.5, 0.6) is 5.75 Å². The molecule has 0 atom stereocenters. The normalized spacial score (nSPS) is 15.0. The number of rotatable bonds is 7. The number of ether oxygens (including phenoxy) is 1. The van der Waals surface area contributed by atoms with Crippen molar-refractivity contribution in [2.45, 2.75) is 24.2 Å². The Morgan fingerprint density at radius 3 is 2.57 bits per heavy atom. The van der Waals surface area contributed by atoms with Gasteiger partial charge in [0, 0.05) is 20.1 Å². The highest BCUT2D eigenvalue weighted by Crippen LogP contribution is 2.26. The third kappa shape index (κ3) is 5.11. The molecule has 0 saturated carbocycles. The molecule has 0 spiro atoms. The number of para-hydroxylation sites is 1. The van der Waals surface area contributed by atoms with Crippen molar-refractivity contribution in [2.24, 2.45) is 0 Å². The number of nitrogens with zero attached hydrogens (tertiary/aromatic N) is 2.